The quantitative estimate of drug-likeness (QED) is 0.452. The van der Waals surface area contributed by atoms with Crippen molar-refractivity contribution in [2.24, 2.45) is 0 Å². The molecule has 0 saturated heterocycles. The van der Waals surface area contributed by atoms with E-state index in [1.165, 1.54) is 10.5 Å². The van der Waals surface area contributed by atoms with Crippen LogP contribution in [0.3, 0.4) is 0 Å². The highest BCUT2D eigenvalue weighted by molar-refractivity contribution is 7.99. The maximum Gasteiger partial charge on any atom is 0.150 e. The van der Waals surface area contributed by atoms with Crippen LogP contribution in [0, 0.1) is 6.92 Å². The van der Waals surface area contributed by atoms with Crippen LogP contribution in [0.1, 0.15) is 15.9 Å². The molecule has 2 aromatic rings. The van der Waals surface area contributed by atoms with Crippen LogP contribution in [-0.4, -0.2) is 18.6 Å². The smallest absolute Gasteiger partial charge is 0.150 e. The first-order valence-corrected chi connectivity index (χ1v) is 7.14. The van der Waals surface area contributed by atoms with Crippen LogP contribution in [0.15, 0.2) is 53.4 Å². The molecule has 3 heteroatoms. The number of thioether (sulfide) groups is 1. The molecule has 0 saturated carbocycles. The first-order chi connectivity index (χ1) is 9.28. The summed E-state index contributed by atoms with van der Waals surface area (Å²) in [6.07, 6.45) is 0.830. The summed E-state index contributed by atoms with van der Waals surface area (Å²) in [4.78, 5) is 11.8. The van der Waals surface area contributed by atoms with E-state index in [9.17, 15) is 4.79 Å². The lowest BCUT2D eigenvalue weighted by Gasteiger charge is -2.06. The molecule has 0 bridgehead atoms. The van der Waals surface area contributed by atoms with Crippen molar-refractivity contribution in [2.45, 2.75) is 11.8 Å². The van der Waals surface area contributed by atoms with Gasteiger partial charge in [0.2, 0.25) is 0 Å². The van der Waals surface area contributed by atoms with Crippen LogP contribution >= 0.6 is 11.8 Å². The fraction of sp³-hybridized carbons (Fsp3) is 0.188. The number of ether oxygens (including phenoxy) is 1. The van der Waals surface area contributed by atoms with E-state index < -0.39 is 0 Å². The summed E-state index contributed by atoms with van der Waals surface area (Å²) in [7, 11) is 0. The lowest BCUT2D eigenvalue weighted by atomic mass is 10.2. The van der Waals surface area contributed by atoms with Gasteiger partial charge in [0.1, 0.15) is 12.0 Å². The van der Waals surface area contributed by atoms with Crippen molar-refractivity contribution in [2.75, 3.05) is 12.4 Å². The second-order valence-electron chi connectivity index (χ2n) is 4.20. The molecule has 2 nitrogen and oxygen atoms in total. The normalized spacial score (nSPS) is 10.2. The molecular weight excluding hydrogens is 256 g/mol. The van der Waals surface area contributed by atoms with Crippen LogP contribution in [-0.2, 0) is 0 Å². The number of carbonyl (C=O) groups excluding carboxylic acids is 1. The molecule has 0 radical (unpaired) electrons. The molecule has 0 aliphatic rings. The molecule has 0 unspecified atom stereocenters. The lowest BCUT2D eigenvalue weighted by Crippen LogP contribution is -2.00. The third kappa shape index (κ3) is 4.45. The minimum absolute atomic E-state index is 0.652. The first kappa shape index (κ1) is 13.7. The molecule has 19 heavy (non-hydrogen) atoms. The highest BCUT2D eigenvalue weighted by Gasteiger charge is 1.96. The topological polar surface area (TPSA) is 26.3 Å². The van der Waals surface area contributed by atoms with E-state index in [0.717, 1.165) is 17.8 Å². The number of hydrogen-bond donors (Lipinski definition) is 0. The van der Waals surface area contributed by atoms with E-state index in [4.69, 9.17) is 4.74 Å². The van der Waals surface area contributed by atoms with Gasteiger partial charge in [-0.1, -0.05) is 17.7 Å². The van der Waals surface area contributed by atoms with Gasteiger partial charge in [-0.25, -0.2) is 0 Å². The van der Waals surface area contributed by atoms with Crippen LogP contribution in [0.2, 0.25) is 0 Å². The Morgan fingerprint density at radius 1 is 1.05 bits per heavy atom. The van der Waals surface area contributed by atoms with Gasteiger partial charge in [-0.3, -0.25) is 4.79 Å². The molecule has 0 amide bonds. The molecule has 0 N–H and O–H groups in total. The van der Waals surface area contributed by atoms with Gasteiger partial charge in [0.05, 0.1) is 6.61 Å². The second kappa shape index (κ2) is 7.00. The summed E-state index contributed by atoms with van der Waals surface area (Å²) in [6.45, 7) is 2.74. The minimum atomic E-state index is 0.652. The Labute approximate surface area is 117 Å². The average Bonchev–Trinajstić information content (AvgIpc) is 2.46. The van der Waals surface area contributed by atoms with E-state index in [1.807, 2.05) is 12.1 Å². The zero-order chi connectivity index (χ0) is 13.5. The number of hydrogen-bond acceptors (Lipinski definition) is 3. The van der Waals surface area contributed by atoms with Crippen molar-refractivity contribution < 1.29 is 9.53 Å². The van der Waals surface area contributed by atoms with Crippen LogP contribution in [0.4, 0.5) is 0 Å². The maximum atomic E-state index is 10.5. The highest BCUT2D eigenvalue weighted by Crippen LogP contribution is 2.18. The highest BCUT2D eigenvalue weighted by atomic mass is 32.2. The van der Waals surface area contributed by atoms with E-state index in [0.29, 0.717) is 12.2 Å². The summed E-state index contributed by atoms with van der Waals surface area (Å²) in [5, 5.41) is 0. The summed E-state index contributed by atoms with van der Waals surface area (Å²) >= 11 is 1.77. The third-order valence-electron chi connectivity index (χ3n) is 2.66. The molecular formula is C16H16O2S. The van der Waals surface area contributed by atoms with E-state index in [1.54, 1.807) is 23.9 Å². The third-order valence-corrected chi connectivity index (χ3v) is 3.63. The van der Waals surface area contributed by atoms with Crippen molar-refractivity contribution in [3.8, 4) is 5.75 Å². The van der Waals surface area contributed by atoms with Gasteiger partial charge in [0, 0.05) is 16.2 Å². The van der Waals surface area contributed by atoms with Crippen LogP contribution in [0.25, 0.3) is 0 Å². The Kier molecular flexibility index (Phi) is 5.04. The van der Waals surface area contributed by atoms with Crippen molar-refractivity contribution >= 4 is 18.0 Å². The lowest BCUT2D eigenvalue weighted by molar-refractivity contribution is 0.112. The standard InChI is InChI=1S/C16H16O2S/c1-13-2-8-16(9-3-13)19-11-10-18-15-6-4-14(12-17)5-7-15/h2-9,12H,10-11H2,1H3. The van der Waals surface area contributed by atoms with Crippen LogP contribution in [0.5, 0.6) is 5.75 Å². The minimum Gasteiger partial charge on any atom is -0.493 e. The monoisotopic (exact) mass is 272 g/mol. The average molecular weight is 272 g/mol. The molecule has 98 valence electrons. The van der Waals surface area contributed by atoms with E-state index >= 15 is 0 Å². The Bertz CT molecular complexity index is 517. The number of carbonyl (C=O) groups is 1. The largest absolute Gasteiger partial charge is 0.493 e. The van der Waals surface area contributed by atoms with Gasteiger partial charge in [0.15, 0.2) is 0 Å². The molecule has 2 aromatic carbocycles. The summed E-state index contributed by atoms with van der Waals surface area (Å²) < 4.78 is 5.61. The van der Waals surface area contributed by atoms with Crippen LogP contribution < -0.4 is 4.74 Å². The van der Waals surface area contributed by atoms with E-state index in [2.05, 4.69) is 31.2 Å². The van der Waals surface area contributed by atoms with Gasteiger partial charge < -0.3 is 4.74 Å². The van der Waals surface area contributed by atoms with Crippen molar-refractivity contribution in [1.29, 1.82) is 0 Å². The Morgan fingerprint density at radius 2 is 1.74 bits per heavy atom. The van der Waals surface area contributed by atoms with Gasteiger partial charge in [-0.2, -0.15) is 0 Å². The Hall–Kier alpha value is -1.74. The number of rotatable bonds is 6. The number of aryl methyl sites for hydroxylation is 1. The second-order valence-corrected chi connectivity index (χ2v) is 5.37. The SMILES string of the molecule is Cc1ccc(SCCOc2ccc(C=O)cc2)cc1. The molecule has 0 aliphatic carbocycles. The number of benzene rings is 2. The van der Waals surface area contributed by atoms with E-state index in [-0.39, 0.29) is 0 Å². The van der Waals surface area contributed by atoms with Gasteiger partial charge >= 0.3 is 0 Å². The van der Waals surface area contributed by atoms with Gasteiger partial charge in [-0.15, -0.1) is 11.8 Å². The predicted molar refractivity (Wildman–Crippen MR) is 79.2 cm³/mol. The molecule has 0 atom stereocenters. The van der Waals surface area contributed by atoms with Crippen molar-refractivity contribution in [3.63, 3.8) is 0 Å². The molecule has 0 aromatic heterocycles. The molecule has 0 fully saturated rings. The van der Waals surface area contributed by atoms with Crippen molar-refractivity contribution in [3.05, 3.63) is 59.7 Å². The fourth-order valence-corrected chi connectivity index (χ4v) is 2.33. The first-order valence-electron chi connectivity index (χ1n) is 6.15. The summed E-state index contributed by atoms with van der Waals surface area (Å²) in [5.41, 5.74) is 1.94. The van der Waals surface area contributed by atoms with Crippen molar-refractivity contribution in [1.82, 2.24) is 0 Å². The maximum absolute atomic E-state index is 10.5. The van der Waals surface area contributed by atoms with Gasteiger partial charge in [0.25, 0.3) is 0 Å². The number of aldehydes is 1. The zero-order valence-corrected chi connectivity index (χ0v) is 11.7. The summed E-state index contributed by atoms with van der Waals surface area (Å²) in [6, 6.07) is 15.6. The fourth-order valence-electron chi connectivity index (χ4n) is 1.60. The molecule has 0 heterocycles. The van der Waals surface area contributed by atoms with Gasteiger partial charge in [-0.05, 0) is 43.3 Å². The zero-order valence-electron chi connectivity index (χ0n) is 10.8. The molecule has 0 aliphatic heterocycles. The molecule has 2 rings (SSSR count). The summed E-state index contributed by atoms with van der Waals surface area (Å²) in [5.74, 6) is 1.70. The Balaban J connectivity index is 1.74. The molecule has 0 spiro atoms. The Morgan fingerprint density at radius 3 is 2.37 bits per heavy atom. The predicted octanol–water partition coefficient (Wildman–Crippen LogP) is 3.98.